The van der Waals surface area contributed by atoms with E-state index < -0.39 is 10.0 Å². The van der Waals surface area contributed by atoms with Gasteiger partial charge in [0.1, 0.15) is 0 Å². The van der Waals surface area contributed by atoms with Gasteiger partial charge in [-0.3, -0.25) is 4.99 Å². The van der Waals surface area contributed by atoms with Gasteiger partial charge in [0.2, 0.25) is 10.0 Å². The van der Waals surface area contributed by atoms with Crippen LogP contribution < -0.4 is 10.6 Å². The van der Waals surface area contributed by atoms with Crippen molar-refractivity contribution in [2.24, 2.45) is 10.9 Å². The highest BCUT2D eigenvalue weighted by Gasteiger charge is 2.24. The number of rotatable bonds is 7. The second-order valence-corrected chi connectivity index (χ2v) is 10.1. The molecule has 0 aromatic heterocycles. The summed E-state index contributed by atoms with van der Waals surface area (Å²) in [4.78, 5) is 4.66. The van der Waals surface area contributed by atoms with Crippen molar-refractivity contribution >= 4 is 27.7 Å². The van der Waals surface area contributed by atoms with Gasteiger partial charge in [0.05, 0.1) is 12.8 Å². The van der Waals surface area contributed by atoms with E-state index >= 15 is 0 Å². The molecule has 0 aromatic carbocycles. The van der Waals surface area contributed by atoms with Crippen LogP contribution in [0.4, 0.5) is 0 Å². The number of hydrogen-bond donors (Lipinski definition) is 2. The van der Waals surface area contributed by atoms with Crippen LogP contribution in [-0.2, 0) is 10.0 Å². The first-order chi connectivity index (χ1) is 10.7. The Morgan fingerprint density at radius 1 is 1.30 bits per heavy atom. The molecule has 1 aliphatic heterocycles. The van der Waals surface area contributed by atoms with Crippen molar-refractivity contribution in [1.29, 1.82) is 0 Å². The minimum atomic E-state index is -3.04. The van der Waals surface area contributed by atoms with Gasteiger partial charge in [-0.25, -0.2) is 12.7 Å². The van der Waals surface area contributed by atoms with Gasteiger partial charge in [0.15, 0.2) is 5.96 Å². The lowest BCUT2D eigenvalue weighted by Crippen LogP contribution is -2.44. The van der Waals surface area contributed by atoms with Crippen LogP contribution in [0.2, 0.25) is 0 Å². The molecular formula is C15H32N4O2S2. The molecule has 0 unspecified atom stereocenters. The highest BCUT2D eigenvalue weighted by Crippen LogP contribution is 2.21. The molecule has 0 aromatic rings. The van der Waals surface area contributed by atoms with Gasteiger partial charge in [-0.1, -0.05) is 0 Å². The fourth-order valence-corrected chi connectivity index (χ4v) is 3.43. The molecule has 2 N–H and O–H groups in total. The first kappa shape index (κ1) is 20.6. The van der Waals surface area contributed by atoms with Gasteiger partial charge in [0.25, 0.3) is 0 Å². The first-order valence-corrected chi connectivity index (χ1v) is 11.3. The molecule has 1 heterocycles. The molecular weight excluding hydrogens is 332 g/mol. The maximum Gasteiger partial charge on any atom is 0.211 e. The molecule has 0 amide bonds. The normalized spacial score (nSPS) is 18.9. The standard InChI is InChI=1S/C15H32N4O2S2/c1-6-16-14(18-12-15(2,3)22-4)17-11-13-7-9-19(10-8-13)23(5,20)21/h13H,6-12H2,1-5H3,(H2,16,17,18). The van der Waals surface area contributed by atoms with Crippen LogP contribution in [0.5, 0.6) is 0 Å². The summed E-state index contributed by atoms with van der Waals surface area (Å²) >= 11 is 1.81. The van der Waals surface area contributed by atoms with Crippen LogP contribution in [0.25, 0.3) is 0 Å². The Kier molecular flexibility index (Phi) is 8.17. The minimum absolute atomic E-state index is 0.128. The topological polar surface area (TPSA) is 73.8 Å². The summed E-state index contributed by atoms with van der Waals surface area (Å²) in [5.41, 5.74) is 0. The van der Waals surface area contributed by atoms with Crippen LogP contribution in [0.1, 0.15) is 33.6 Å². The SMILES string of the molecule is CCNC(=NCC(C)(C)SC)NCC1CCN(S(C)(=O)=O)CC1. The van der Waals surface area contributed by atoms with Crippen LogP contribution in [-0.4, -0.2) is 68.7 Å². The van der Waals surface area contributed by atoms with Gasteiger partial charge in [-0.15, -0.1) is 0 Å². The largest absolute Gasteiger partial charge is 0.357 e. The molecule has 8 heteroatoms. The number of aliphatic imine (C=N–C) groups is 1. The molecule has 0 saturated carbocycles. The molecule has 6 nitrogen and oxygen atoms in total. The fourth-order valence-electron chi connectivity index (χ4n) is 2.36. The number of nitrogens with one attached hydrogen (secondary N) is 2. The third kappa shape index (κ3) is 7.76. The Balaban J connectivity index is 2.46. The number of nitrogens with zero attached hydrogens (tertiary/aromatic N) is 2. The molecule has 0 radical (unpaired) electrons. The number of guanidine groups is 1. The van der Waals surface area contributed by atoms with Crippen molar-refractivity contribution in [3.63, 3.8) is 0 Å². The maximum absolute atomic E-state index is 11.5. The Morgan fingerprint density at radius 2 is 1.91 bits per heavy atom. The molecule has 0 atom stereocenters. The molecule has 1 fully saturated rings. The van der Waals surface area contributed by atoms with Crippen molar-refractivity contribution in [3.8, 4) is 0 Å². The molecule has 23 heavy (non-hydrogen) atoms. The monoisotopic (exact) mass is 364 g/mol. The molecule has 136 valence electrons. The quantitative estimate of drug-likeness (QED) is 0.527. The summed E-state index contributed by atoms with van der Waals surface area (Å²) in [6.07, 6.45) is 5.19. The summed E-state index contributed by atoms with van der Waals surface area (Å²) in [7, 11) is -3.04. The van der Waals surface area contributed by atoms with Crippen molar-refractivity contribution in [2.75, 3.05) is 45.2 Å². The van der Waals surface area contributed by atoms with Gasteiger partial charge >= 0.3 is 0 Å². The van der Waals surface area contributed by atoms with E-state index in [4.69, 9.17) is 0 Å². The van der Waals surface area contributed by atoms with Crippen LogP contribution >= 0.6 is 11.8 Å². The summed E-state index contributed by atoms with van der Waals surface area (Å²) in [5.74, 6) is 1.34. The lowest BCUT2D eigenvalue weighted by Gasteiger charge is -2.30. The van der Waals surface area contributed by atoms with E-state index in [1.807, 2.05) is 11.8 Å². The molecule has 0 bridgehead atoms. The average Bonchev–Trinajstić information content (AvgIpc) is 2.49. The molecule has 1 saturated heterocycles. The van der Waals surface area contributed by atoms with Gasteiger partial charge in [-0.05, 0) is 45.8 Å². The zero-order valence-electron chi connectivity index (χ0n) is 15.1. The van der Waals surface area contributed by atoms with E-state index in [2.05, 4.69) is 42.7 Å². The predicted octanol–water partition coefficient (Wildman–Crippen LogP) is 1.35. The van der Waals surface area contributed by atoms with E-state index in [1.165, 1.54) is 6.26 Å². The van der Waals surface area contributed by atoms with Crippen molar-refractivity contribution in [2.45, 2.75) is 38.4 Å². The fraction of sp³-hybridized carbons (Fsp3) is 0.933. The Morgan fingerprint density at radius 3 is 2.39 bits per heavy atom. The highest BCUT2D eigenvalue weighted by atomic mass is 32.2. The van der Waals surface area contributed by atoms with Crippen molar-refractivity contribution in [3.05, 3.63) is 0 Å². The second kappa shape index (κ2) is 9.13. The van der Waals surface area contributed by atoms with Crippen molar-refractivity contribution < 1.29 is 8.42 Å². The van der Waals surface area contributed by atoms with Crippen molar-refractivity contribution in [1.82, 2.24) is 14.9 Å². The number of thioether (sulfide) groups is 1. The van der Waals surface area contributed by atoms with E-state index in [0.29, 0.717) is 19.0 Å². The molecule has 0 spiro atoms. The lowest BCUT2D eigenvalue weighted by atomic mass is 9.98. The predicted molar refractivity (Wildman–Crippen MR) is 101 cm³/mol. The Hall–Kier alpha value is -0.470. The first-order valence-electron chi connectivity index (χ1n) is 8.20. The maximum atomic E-state index is 11.5. The van der Waals surface area contributed by atoms with Crippen LogP contribution in [0.3, 0.4) is 0 Å². The Labute approximate surface area is 145 Å². The average molecular weight is 365 g/mol. The number of hydrogen-bond acceptors (Lipinski definition) is 4. The third-order valence-electron chi connectivity index (χ3n) is 4.12. The number of sulfonamides is 1. The third-order valence-corrected chi connectivity index (χ3v) is 6.65. The van der Waals surface area contributed by atoms with E-state index in [-0.39, 0.29) is 4.75 Å². The molecule has 1 aliphatic rings. The zero-order valence-corrected chi connectivity index (χ0v) is 16.7. The Bertz CT molecular complexity index is 484. The second-order valence-electron chi connectivity index (χ2n) is 6.65. The number of piperidine rings is 1. The summed E-state index contributed by atoms with van der Waals surface area (Å²) < 4.78 is 24.8. The van der Waals surface area contributed by atoms with E-state index in [0.717, 1.165) is 38.4 Å². The van der Waals surface area contributed by atoms with E-state index in [1.54, 1.807) is 4.31 Å². The van der Waals surface area contributed by atoms with Gasteiger partial charge in [-0.2, -0.15) is 11.8 Å². The van der Waals surface area contributed by atoms with Gasteiger partial charge < -0.3 is 10.6 Å². The van der Waals surface area contributed by atoms with Crippen LogP contribution in [0.15, 0.2) is 4.99 Å². The summed E-state index contributed by atoms with van der Waals surface area (Å²) in [6, 6.07) is 0. The summed E-state index contributed by atoms with van der Waals surface area (Å²) in [6.45, 7) is 10.1. The van der Waals surface area contributed by atoms with Crippen LogP contribution in [0, 0.1) is 5.92 Å². The molecule has 0 aliphatic carbocycles. The summed E-state index contributed by atoms with van der Waals surface area (Å²) in [5, 5.41) is 6.68. The molecule has 1 rings (SSSR count). The highest BCUT2D eigenvalue weighted by molar-refractivity contribution is 7.99. The van der Waals surface area contributed by atoms with Gasteiger partial charge in [0, 0.05) is 30.9 Å². The lowest BCUT2D eigenvalue weighted by molar-refractivity contribution is 0.275. The zero-order chi connectivity index (χ0) is 17.5. The van der Waals surface area contributed by atoms with E-state index in [9.17, 15) is 8.42 Å². The minimum Gasteiger partial charge on any atom is -0.357 e. The smallest absolute Gasteiger partial charge is 0.211 e.